The van der Waals surface area contributed by atoms with E-state index in [1.807, 2.05) is 0 Å². The fourth-order valence-corrected chi connectivity index (χ4v) is 5.99. The zero-order chi connectivity index (χ0) is 30.7. The maximum Gasteiger partial charge on any atom is 0.338 e. The van der Waals surface area contributed by atoms with E-state index in [4.69, 9.17) is 30.5 Å². The Bertz CT molecular complexity index is 1900. The number of fused-ring (bicyclic) bond motifs is 1. The Hall–Kier alpha value is -4.41. The molecule has 0 saturated heterocycles. The van der Waals surface area contributed by atoms with Crippen molar-refractivity contribution in [3.05, 3.63) is 119 Å². The lowest BCUT2D eigenvalue weighted by atomic mass is 9.95. The highest BCUT2D eigenvalue weighted by atomic mass is 35.5. The van der Waals surface area contributed by atoms with Crippen LogP contribution in [0.3, 0.4) is 0 Å². The topological polar surface area (TPSA) is 88.4 Å². The lowest BCUT2D eigenvalue weighted by Crippen LogP contribution is -2.40. The second-order valence-corrected chi connectivity index (χ2v) is 11.0. The molecule has 1 atom stereocenters. The Kier molecular flexibility index (Phi) is 8.98. The number of esters is 1. The van der Waals surface area contributed by atoms with Gasteiger partial charge in [-0.1, -0.05) is 41.1 Å². The van der Waals surface area contributed by atoms with E-state index in [9.17, 15) is 14.0 Å². The van der Waals surface area contributed by atoms with E-state index < -0.39 is 12.0 Å². The molecule has 3 aromatic carbocycles. The van der Waals surface area contributed by atoms with Crippen LogP contribution in [0.15, 0.2) is 81.7 Å². The van der Waals surface area contributed by atoms with E-state index in [0.29, 0.717) is 48.4 Å². The molecule has 11 heteroatoms. The predicted octanol–water partition coefficient (Wildman–Crippen LogP) is 5.19. The number of nitrogens with zero attached hydrogens (tertiary/aromatic N) is 2. The van der Waals surface area contributed by atoms with Crippen LogP contribution in [0.2, 0.25) is 5.02 Å². The number of aromatic nitrogens is 1. The fourth-order valence-electron chi connectivity index (χ4n) is 4.78. The molecule has 222 valence electrons. The summed E-state index contributed by atoms with van der Waals surface area (Å²) in [5, 5.41) is 0.455. The molecule has 43 heavy (non-hydrogen) atoms. The van der Waals surface area contributed by atoms with Crippen LogP contribution in [0.25, 0.3) is 6.08 Å². The van der Waals surface area contributed by atoms with Crippen molar-refractivity contribution in [1.82, 2.24) is 4.57 Å². The second-order valence-electron chi connectivity index (χ2n) is 9.51. The second kappa shape index (κ2) is 12.8. The largest absolute Gasteiger partial charge is 0.493 e. The first-order chi connectivity index (χ1) is 20.7. The minimum Gasteiger partial charge on any atom is -0.493 e. The number of carbonyl (C=O) groups excluding carboxylic acids is 1. The molecule has 1 aliphatic heterocycles. The van der Waals surface area contributed by atoms with Crippen molar-refractivity contribution < 1.29 is 28.1 Å². The van der Waals surface area contributed by atoms with Gasteiger partial charge in [0.2, 0.25) is 0 Å². The van der Waals surface area contributed by atoms with Crippen LogP contribution in [0, 0.1) is 5.82 Å². The number of thiazole rings is 1. The van der Waals surface area contributed by atoms with Gasteiger partial charge in [-0.25, -0.2) is 14.2 Å². The summed E-state index contributed by atoms with van der Waals surface area (Å²) in [4.78, 5) is 32.3. The number of hydrogen-bond acceptors (Lipinski definition) is 8. The monoisotopic (exact) mass is 622 g/mol. The van der Waals surface area contributed by atoms with Gasteiger partial charge in [-0.2, -0.15) is 0 Å². The molecule has 0 fully saturated rings. The molecule has 1 aliphatic rings. The van der Waals surface area contributed by atoms with Gasteiger partial charge in [0.1, 0.15) is 18.2 Å². The number of allylic oxidation sites excluding steroid dienone is 1. The third-order valence-electron chi connectivity index (χ3n) is 6.81. The summed E-state index contributed by atoms with van der Waals surface area (Å²) in [6.45, 7) is 3.78. The van der Waals surface area contributed by atoms with Crippen LogP contribution in [0.5, 0.6) is 17.2 Å². The van der Waals surface area contributed by atoms with E-state index in [0.717, 1.165) is 5.56 Å². The lowest BCUT2D eigenvalue weighted by molar-refractivity contribution is -0.139. The van der Waals surface area contributed by atoms with Crippen molar-refractivity contribution in [3.63, 3.8) is 0 Å². The van der Waals surface area contributed by atoms with Crippen LogP contribution < -0.4 is 29.1 Å². The lowest BCUT2D eigenvalue weighted by Gasteiger charge is -2.25. The van der Waals surface area contributed by atoms with Gasteiger partial charge >= 0.3 is 5.97 Å². The summed E-state index contributed by atoms with van der Waals surface area (Å²) in [5.74, 6) is 0.538. The molecular formula is C32H28ClFN2O6S. The van der Waals surface area contributed by atoms with Crippen molar-refractivity contribution in [1.29, 1.82) is 0 Å². The Morgan fingerprint density at radius 3 is 2.47 bits per heavy atom. The number of hydrogen-bond donors (Lipinski definition) is 0. The molecule has 1 unspecified atom stereocenters. The van der Waals surface area contributed by atoms with E-state index in [1.54, 1.807) is 68.5 Å². The number of ether oxygens (including phenoxy) is 4. The SMILES string of the molecule is CCOC(=O)C1=C(C)N=c2sc(=Cc3cc(Cl)ccc3OCc3ccc(F)cc3)c(=O)n2C1c1ccc(OC)c(OC)c1. The molecule has 0 aliphatic carbocycles. The third kappa shape index (κ3) is 6.21. The summed E-state index contributed by atoms with van der Waals surface area (Å²) < 4.78 is 37.5. The molecule has 2 heterocycles. The van der Waals surface area contributed by atoms with Crippen LogP contribution in [0.4, 0.5) is 4.39 Å². The van der Waals surface area contributed by atoms with Gasteiger partial charge in [0, 0.05) is 10.6 Å². The number of methoxy groups -OCH3 is 2. The van der Waals surface area contributed by atoms with E-state index in [1.165, 1.54) is 42.3 Å². The Morgan fingerprint density at radius 1 is 1.05 bits per heavy atom. The zero-order valence-corrected chi connectivity index (χ0v) is 25.4. The average molecular weight is 623 g/mol. The van der Waals surface area contributed by atoms with E-state index in [2.05, 4.69) is 4.99 Å². The first kappa shape index (κ1) is 30.1. The Labute approximate surface area is 255 Å². The van der Waals surface area contributed by atoms with Gasteiger partial charge in [-0.3, -0.25) is 9.36 Å². The molecule has 4 aromatic rings. The van der Waals surface area contributed by atoms with Gasteiger partial charge < -0.3 is 18.9 Å². The van der Waals surface area contributed by atoms with Gasteiger partial charge in [-0.05, 0) is 73.5 Å². The Balaban J connectivity index is 1.64. The molecule has 0 radical (unpaired) electrons. The van der Waals surface area contributed by atoms with Gasteiger partial charge in [0.15, 0.2) is 16.3 Å². The molecule has 1 aromatic heterocycles. The fraction of sp³-hybridized carbons (Fsp3) is 0.219. The molecule has 5 rings (SSSR count). The highest BCUT2D eigenvalue weighted by molar-refractivity contribution is 7.07. The molecule has 8 nitrogen and oxygen atoms in total. The van der Waals surface area contributed by atoms with Crippen molar-refractivity contribution in [2.24, 2.45) is 4.99 Å². The smallest absolute Gasteiger partial charge is 0.338 e. The predicted molar refractivity (Wildman–Crippen MR) is 162 cm³/mol. The van der Waals surface area contributed by atoms with Gasteiger partial charge in [0.05, 0.1) is 42.7 Å². The van der Waals surface area contributed by atoms with Crippen molar-refractivity contribution >= 4 is 35.0 Å². The van der Waals surface area contributed by atoms with E-state index >= 15 is 0 Å². The van der Waals surface area contributed by atoms with Crippen LogP contribution >= 0.6 is 22.9 Å². The normalized spacial score (nSPS) is 14.7. The van der Waals surface area contributed by atoms with Gasteiger partial charge in [-0.15, -0.1) is 0 Å². The summed E-state index contributed by atoms with van der Waals surface area (Å²) in [5.41, 5.74) is 2.30. The zero-order valence-electron chi connectivity index (χ0n) is 23.9. The van der Waals surface area contributed by atoms with Crippen molar-refractivity contribution in [2.45, 2.75) is 26.5 Å². The van der Waals surface area contributed by atoms with Crippen LogP contribution in [0.1, 0.15) is 36.6 Å². The summed E-state index contributed by atoms with van der Waals surface area (Å²) in [6.07, 6.45) is 1.69. The number of carbonyl (C=O) groups is 1. The van der Waals surface area contributed by atoms with Crippen molar-refractivity contribution in [3.8, 4) is 17.2 Å². The highest BCUT2D eigenvalue weighted by Crippen LogP contribution is 2.36. The quantitative estimate of drug-likeness (QED) is 0.239. The standard InChI is InChI=1S/C32H28ClFN2O6S/c1-5-41-31(38)28-18(2)35-32-36(29(28)20-8-12-25(39-3)26(15-20)40-4)30(37)27(43-32)16-21-14-22(33)9-13-24(21)42-17-19-6-10-23(34)11-7-19/h6-16,29H,5,17H2,1-4H3. The first-order valence-electron chi connectivity index (χ1n) is 13.3. The van der Waals surface area contributed by atoms with Crippen molar-refractivity contribution in [2.75, 3.05) is 20.8 Å². The molecule has 0 bridgehead atoms. The molecule has 0 N–H and O–H groups in total. The van der Waals surface area contributed by atoms with Crippen LogP contribution in [-0.2, 0) is 16.1 Å². The van der Waals surface area contributed by atoms with Gasteiger partial charge in [0.25, 0.3) is 5.56 Å². The molecular weight excluding hydrogens is 595 g/mol. The molecule has 0 amide bonds. The molecule has 0 spiro atoms. The highest BCUT2D eigenvalue weighted by Gasteiger charge is 2.34. The minimum atomic E-state index is -0.828. The van der Waals surface area contributed by atoms with Crippen LogP contribution in [-0.4, -0.2) is 31.4 Å². The number of benzene rings is 3. The summed E-state index contributed by atoms with van der Waals surface area (Å²) in [6, 6.07) is 15.5. The average Bonchev–Trinajstić information content (AvgIpc) is 3.30. The Morgan fingerprint density at radius 2 is 1.77 bits per heavy atom. The summed E-state index contributed by atoms with van der Waals surface area (Å²) >= 11 is 7.50. The van der Waals surface area contributed by atoms with E-state index in [-0.39, 0.29) is 30.2 Å². The number of rotatable bonds is 9. The number of halogens is 2. The minimum absolute atomic E-state index is 0.161. The maximum absolute atomic E-state index is 14.1. The first-order valence-corrected chi connectivity index (χ1v) is 14.5. The third-order valence-corrected chi connectivity index (χ3v) is 8.02. The maximum atomic E-state index is 14.1. The summed E-state index contributed by atoms with van der Waals surface area (Å²) in [7, 11) is 3.04. The molecule has 0 saturated carbocycles.